The van der Waals surface area contributed by atoms with Gasteiger partial charge in [0.15, 0.2) is 0 Å². The highest BCUT2D eigenvalue weighted by Gasteiger charge is 2.35. The molecule has 0 saturated carbocycles. The molecule has 0 aliphatic carbocycles. The number of amides is 2. The summed E-state index contributed by atoms with van der Waals surface area (Å²) in [4.78, 5) is 47.2. The zero-order valence-corrected chi connectivity index (χ0v) is 31.4. The monoisotopic (exact) mass is 830 g/mol. The van der Waals surface area contributed by atoms with Crippen LogP contribution >= 0.6 is 93.1 Å². The molecule has 2 amide bonds. The first kappa shape index (κ1) is 38.4. The number of carboxylic acids is 2. The summed E-state index contributed by atoms with van der Waals surface area (Å²) in [6, 6.07) is 20.7. The lowest BCUT2D eigenvalue weighted by Crippen LogP contribution is -2.26. The number of carboxylic acid groups (broad SMARTS) is 2. The van der Waals surface area contributed by atoms with Crippen LogP contribution in [0, 0.1) is 0 Å². The minimum absolute atomic E-state index is 0.299. The number of fused-ring (bicyclic) bond motifs is 2. The Labute approximate surface area is 325 Å². The van der Waals surface area contributed by atoms with Gasteiger partial charge in [0.05, 0.1) is 53.9 Å². The first-order valence-corrected chi connectivity index (χ1v) is 18.7. The molecule has 2 unspecified atom stereocenters. The summed E-state index contributed by atoms with van der Waals surface area (Å²) < 4.78 is 0. The second-order valence-corrected chi connectivity index (χ2v) is 16.0. The van der Waals surface area contributed by atoms with E-state index in [0.717, 1.165) is 11.1 Å². The van der Waals surface area contributed by atoms with Crippen molar-refractivity contribution in [2.75, 3.05) is 10.6 Å². The average molecular weight is 833 g/mol. The molecule has 260 valence electrons. The molecule has 2 heterocycles. The van der Waals surface area contributed by atoms with Gasteiger partial charge in [-0.25, -0.2) is 0 Å². The lowest BCUT2D eigenvalue weighted by atomic mass is 10.0. The first-order valence-electron chi connectivity index (χ1n) is 14.6. The van der Waals surface area contributed by atoms with Crippen LogP contribution in [-0.2, 0) is 19.2 Å². The van der Waals surface area contributed by atoms with Crippen molar-refractivity contribution in [3.05, 3.63) is 125 Å². The Balaban J connectivity index is 0.000000194. The molecule has 0 bridgehead atoms. The van der Waals surface area contributed by atoms with E-state index in [9.17, 15) is 19.2 Å². The molecule has 4 atom stereocenters. The minimum atomic E-state index is -1.05. The average Bonchev–Trinajstić information content (AvgIpc) is 3.27. The van der Waals surface area contributed by atoms with Crippen LogP contribution in [0.25, 0.3) is 0 Å². The summed E-state index contributed by atoms with van der Waals surface area (Å²) in [5, 5.41) is 24.0. The highest BCUT2D eigenvalue weighted by molar-refractivity contribution is 8.01. The van der Waals surface area contributed by atoms with Gasteiger partial charge in [0.1, 0.15) is 0 Å². The second kappa shape index (κ2) is 16.7. The third-order valence-electron chi connectivity index (χ3n) is 7.54. The smallest absolute Gasteiger partial charge is 0.305 e. The molecule has 50 heavy (non-hydrogen) atoms. The van der Waals surface area contributed by atoms with E-state index in [0.29, 0.717) is 52.6 Å². The van der Waals surface area contributed by atoms with Crippen molar-refractivity contribution in [2.24, 2.45) is 0 Å². The third kappa shape index (κ3) is 8.97. The Bertz CT molecular complexity index is 1860. The highest BCUT2D eigenvalue weighted by atomic mass is 35.5. The van der Waals surface area contributed by atoms with E-state index in [4.69, 9.17) is 79.8 Å². The molecule has 4 N–H and O–H groups in total. The molecule has 6 rings (SSSR count). The largest absolute Gasteiger partial charge is 0.481 e. The Morgan fingerprint density at radius 1 is 0.580 bits per heavy atom. The fourth-order valence-electron chi connectivity index (χ4n) is 5.28. The Kier molecular flexibility index (Phi) is 12.8. The molecule has 16 heteroatoms. The first-order chi connectivity index (χ1) is 23.7. The van der Waals surface area contributed by atoms with Gasteiger partial charge in [-0.2, -0.15) is 0 Å². The molecule has 4 aromatic rings. The van der Waals surface area contributed by atoms with Crippen LogP contribution in [0.2, 0.25) is 30.1 Å². The lowest BCUT2D eigenvalue weighted by molar-refractivity contribution is -0.138. The van der Waals surface area contributed by atoms with Crippen LogP contribution in [0.4, 0.5) is 11.4 Å². The maximum absolute atomic E-state index is 12.4. The molecule has 0 fully saturated rings. The number of anilines is 2. The number of hydrogen-bond donors (Lipinski definition) is 4. The molecule has 2 aliphatic rings. The van der Waals surface area contributed by atoms with Crippen molar-refractivity contribution < 1.29 is 29.4 Å². The third-order valence-corrected chi connectivity index (χ3v) is 12.7. The van der Waals surface area contributed by atoms with E-state index in [1.807, 2.05) is 12.1 Å². The highest BCUT2D eigenvalue weighted by Crippen LogP contribution is 2.50. The number of hydrogen-bond acceptors (Lipinski definition) is 6. The van der Waals surface area contributed by atoms with Gasteiger partial charge >= 0.3 is 11.9 Å². The van der Waals surface area contributed by atoms with Gasteiger partial charge in [0.25, 0.3) is 0 Å². The van der Waals surface area contributed by atoms with Crippen molar-refractivity contribution in [1.29, 1.82) is 0 Å². The molecular formula is C34H24Cl6N2O6S2. The topological polar surface area (TPSA) is 133 Å². The van der Waals surface area contributed by atoms with Gasteiger partial charge in [-0.15, -0.1) is 23.5 Å². The van der Waals surface area contributed by atoms with Crippen LogP contribution in [0.5, 0.6) is 0 Å². The van der Waals surface area contributed by atoms with Crippen LogP contribution < -0.4 is 10.6 Å². The number of thioether (sulfide) groups is 2. The summed E-state index contributed by atoms with van der Waals surface area (Å²) in [5.74, 6) is -2.83. The van der Waals surface area contributed by atoms with Gasteiger partial charge < -0.3 is 20.8 Å². The molecule has 2 aliphatic heterocycles. The van der Waals surface area contributed by atoms with E-state index in [2.05, 4.69) is 10.6 Å². The molecule has 4 aromatic carbocycles. The van der Waals surface area contributed by atoms with Gasteiger partial charge in [0, 0.05) is 21.4 Å². The molecular weight excluding hydrogens is 809 g/mol. The second-order valence-electron chi connectivity index (χ2n) is 10.9. The summed E-state index contributed by atoms with van der Waals surface area (Å²) in [6.45, 7) is 0. The number of halogens is 6. The molecule has 0 aromatic heterocycles. The van der Waals surface area contributed by atoms with Crippen LogP contribution in [0.15, 0.2) is 72.8 Å². The number of aliphatic carboxylic acids is 2. The molecule has 8 nitrogen and oxygen atoms in total. The quantitative estimate of drug-likeness (QED) is 0.151. The summed E-state index contributed by atoms with van der Waals surface area (Å²) in [5.41, 5.74) is 4.07. The van der Waals surface area contributed by atoms with Crippen molar-refractivity contribution in [3.63, 3.8) is 0 Å². The molecule has 0 spiro atoms. The maximum Gasteiger partial charge on any atom is 0.305 e. The zero-order chi connectivity index (χ0) is 36.3. The van der Waals surface area contributed by atoms with E-state index in [1.165, 1.54) is 23.5 Å². The van der Waals surface area contributed by atoms with Gasteiger partial charge in [-0.3, -0.25) is 19.2 Å². The Hall–Kier alpha value is -2.80. The van der Waals surface area contributed by atoms with Crippen molar-refractivity contribution in [2.45, 2.75) is 33.8 Å². The fraction of sp³-hybridized carbons (Fsp3) is 0.176. The van der Waals surface area contributed by atoms with Crippen molar-refractivity contribution in [1.82, 2.24) is 0 Å². The maximum atomic E-state index is 12.4. The fourth-order valence-corrected chi connectivity index (χ4v) is 9.47. The standard InChI is InChI=1S/2C17H12Cl3NO3S/c2*18-8-4-5-12-10(6-8)16(9-2-1-3-11(19)15(9)20)25-13(7-14(22)23)17(24)21-12/h2*1-6,13,16H,7H2,(H,21,24)(H,22,23)/t13-,16-;/m0./s1. The zero-order valence-electron chi connectivity index (χ0n) is 25.3. The van der Waals surface area contributed by atoms with Crippen LogP contribution in [0.3, 0.4) is 0 Å². The van der Waals surface area contributed by atoms with Gasteiger partial charge in [-0.1, -0.05) is 93.9 Å². The van der Waals surface area contributed by atoms with E-state index >= 15 is 0 Å². The lowest BCUT2D eigenvalue weighted by Gasteiger charge is -2.21. The van der Waals surface area contributed by atoms with Crippen LogP contribution in [0.1, 0.15) is 45.6 Å². The predicted octanol–water partition coefficient (Wildman–Crippen LogP) is 10.5. The van der Waals surface area contributed by atoms with Crippen molar-refractivity contribution in [3.8, 4) is 0 Å². The number of carbonyl (C=O) groups excluding carboxylic acids is 2. The predicted molar refractivity (Wildman–Crippen MR) is 204 cm³/mol. The minimum Gasteiger partial charge on any atom is -0.481 e. The van der Waals surface area contributed by atoms with E-state index in [1.54, 1.807) is 60.7 Å². The summed E-state index contributed by atoms with van der Waals surface area (Å²) in [6.07, 6.45) is -0.597. The van der Waals surface area contributed by atoms with E-state index in [-0.39, 0.29) is 35.2 Å². The number of nitrogens with one attached hydrogen (secondary N) is 2. The number of rotatable bonds is 6. The summed E-state index contributed by atoms with van der Waals surface area (Å²) >= 11 is 39.7. The Morgan fingerprint density at radius 2 is 0.960 bits per heavy atom. The number of benzene rings is 4. The molecule has 0 radical (unpaired) electrons. The SMILES string of the molecule is O=C(O)CC1SC(c2cccc(Cl)c2Cl)c2cc(Cl)ccc2NC1=O.O=C(O)C[C@@H]1S[C@@H](c2cccc(Cl)c2Cl)c2cc(Cl)ccc2NC1=O. The summed E-state index contributed by atoms with van der Waals surface area (Å²) in [7, 11) is 0. The van der Waals surface area contributed by atoms with E-state index < -0.39 is 22.4 Å². The molecule has 0 saturated heterocycles. The van der Waals surface area contributed by atoms with Gasteiger partial charge in [-0.05, 0) is 70.8 Å². The van der Waals surface area contributed by atoms with Gasteiger partial charge in [0.2, 0.25) is 11.8 Å². The normalized spacial score (nSPS) is 19.7. The van der Waals surface area contributed by atoms with Crippen molar-refractivity contribution >= 4 is 128 Å². The Morgan fingerprint density at radius 3 is 1.32 bits per heavy atom. The van der Waals surface area contributed by atoms with Crippen LogP contribution in [-0.4, -0.2) is 44.5 Å². The number of carbonyl (C=O) groups is 4.